The second-order valence-corrected chi connectivity index (χ2v) is 6.44. The summed E-state index contributed by atoms with van der Waals surface area (Å²) in [6, 6.07) is 6.98. The maximum Gasteiger partial charge on any atom is 0.270 e. The van der Waals surface area contributed by atoms with Crippen molar-refractivity contribution in [3.8, 4) is 5.82 Å². The number of hydrogen-bond donors (Lipinski definition) is 2. The van der Waals surface area contributed by atoms with Crippen molar-refractivity contribution in [1.29, 1.82) is 0 Å². The van der Waals surface area contributed by atoms with Gasteiger partial charge in [-0.25, -0.2) is 9.67 Å². The van der Waals surface area contributed by atoms with E-state index in [0.29, 0.717) is 23.9 Å². The topological polar surface area (TPSA) is 80.0 Å². The number of nitrogens with zero attached hydrogens (tertiary/aromatic N) is 3. The van der Waals surface area contributed by atoms with Crippen LogP contribution in [0.4, 0.5) is 0 Å². The third kappa shape index (κ3) is 5.17. The molecular formula is C17H24N4O2. The summed E-state index contributed by atoms with van der Waals surface area (Å²) >= 11 is 0. The average molecular weight is 316 g/mol. The van der Waals surface area contributed by atoms with E-state index in [1.807, 2.05) is 0 Å². The Morgan fingerprint density at radius 2 is 2.17 bits per heavy atom. The second-order valence-electron chi connectivity index (χ2n) is 6.44. The Kier molecular flexibility index (Phi) is 5.50. The Morgan fingerprint density at radius 1 is 1.39 bits per heavy atom. The molecule has 0 saturated carbocycles. The lowest BCUT2D eigenvalue weighted by atomic mass is 9.95. The van der Waals surface area contributed by atoms with Gasteiger partial charge in [0, 0.05) is 18.9 Å². The van der Waals surface area contributed by atoms with Crippen LogP contribution in [-0.4, -0.2) is 37.9 Å². The van der Waals surface area contributed by atoms with Crippen LogP contribution in [0.5, 0.6) is 0 Å². The fourth-order valence-electron chi connectivity index (χ4n) is 2.13. The number of hydrogen-bond acceptors (Lipinski definition) is 4. The van der Waals surface area contributed by atoms with Crippen LogP contribution in [0, 0.1) is 5.92 Å². The standard InChI is InChI=1S/C17H24N4O2/c1-13(2)8-9-17(3,23)12-18-16(22)14-6-4-7-15(20-14)21-11-5-10-19-21/h4-7,10-11,13,23H,8-9,12H2,1-3H3,(H,18,22). The summed E-state index contributed by atoms with van der Waals surface area (Å²) < 4.78 is 1.59. The molecule has 0 bridgehead atoms. The maximum atomic E-state index is 12.2. The van der Waals surface area contributed by atoms with Crippen LogP contribution in [-0.2, 0) is 0 Å². The minimum absolute atomic E-state index is 0.201. The highest BCUT2D eigenvalue weighted by atomic mass is 16.3. The van der Waals surface area contributed by atoms with Gasteiger partial charge in [0.15, 0.2) is 5.82 Å². The monoisotopic (exact) mass is 316 g/mol. The molecule has 2 N–H and O–H groups in total. The molecule has 124 valence electrons. The Bertz CT molecular complexity index is 636. The first-order chi connectivity index (χ1) is 10.9. The molecule has 1 amide bonds. The van der Waals surface area contributed by atoms with E-state index in [-0.39, 0.29) is 12.5 Å². The van der Waals surface area contributed by atoms with Crippen molar-refractivity contribution in [3.05, 3.63) is 42.4 Å². The van der Waals surface area contributed by atoms with Crippen molar-refractivity contribution in [2.75, 3.05) is 6.54 Å². The zero-order chi connectivity index (χ0) is 16.9. The largest absolute Gasteiger partial charge is 0.388 e. The molecular weight excluding hydrogens is 292 g/mol. The van der Waals surface area contributed by atoms with E-state index in [4.69, 9.17) is 0 Å². The van der Waals surface area contributed by atoms with Gasteiger partial charge in [-0.15, -0.1) is 0 Å². The molecule has 0 aliphatic rings. The van der Waals surface area contributed by atoms with Crippen molar-refractivity contribution in [1.82, 2.24) is 20.1 Å². The summed E-state index contributed by atoms with van der Waals surface area (Å²) in [6.07, 6.45) is 4.97. The molecule has 2 heterocycles. The first-order valence-corrected chi connectivity index (χ1v) is 7.85. The van der Waals surface area contributed by atoms with Crippen LogP contribution in [0.15, 0.2) is 36.7 Å². The lowest BCUT2D eigenvalue weighted by molar-refractivity contribution is 0.0428. The molecule has 0 aliphatic carbocycles. The quantitative estimate of drug-likeness (QED) is 0.820. The van der Waals surface area contributed by atoms with Crippen molar-refractivity contribution in [2.45, 2.75) is 39.2 Å². The van der Waals surface area contributed by atoms with Crippen LogP contribution in [0.25, 0.3) is 5.82 Å². The Morgan fingerprint density at radius 3 is 2.83 bits per heavy atom. The van der Waals surface area contributed by atoms with Gasteiger partial charge in [0.1, 0.15) is 5.69 Å². The number of carbonyl (C=O) groups excluding carboxylic acids is 1. The zero-order valence-electron chi connectivity index (χ0n) is 13.9. The third-order valence-electron chi connectivity index (χ3n) is 3.60. The van der Waals surface area contributed by atoms with E-state index in [0.717, 1.165) is 6.42 Å². The Labute approximate surface area is 136 Å². The molecule has 0 radical (unpaired) electrons. The van der Waals surface area contributed by atoms with E-state index in [1.165, 1.54) is 0 Å². The molecule has 2 aromatic heterocycles. The van der Waals surface area contributed by atoms with E-state index in [9.17, 15) is 9.90 Å². The second kappa shape index (κ2) is 7.37. The van der Waals surface area contributed by atoms with E-state index in [1.54, 1.807) is 48.3 Å². The molecule has 1 atom stereocenters. The van der Waals surface area contributed by atoms with Crippen LogP contribution in [0.2, 0.25) is 0 Å². The van der Waals surface area contributed by atoms with Gasteiger partial charge in [-0.1, -0.05) is 19.9 Å². The fraction of sp³-hybridized carbons (Fsp3) is 0.471. The Hall–Kier alpha value is -2.21. The molecule has 2 aromatic rings. The molecule has 0 aromatic carbocycles. The van der Waals surface area contributed by atoms with Gasteiger partial charge in [0.25, 0.3) is 5.91 Å². The zero-order valence-corrected chi connectivity index (χ0v) is 13.9. The number of amides is 1. The van der Waals surface area contributed by atoms with Crippen molar-refractivity contribution < 1.29 is 9.90 Å². The minimum Gasteiger partial charge on any atom is -0.388 e. The Balaban J connectivity index is 1.97. The van der Waals surface area contributed by atoms with Gasteiger partial charge in [-0.2, -0.15) is 5.10 Å². The van der Waals surface area contributed by atoms with Crippen molar-refractivity contribution >= 4 is 5.91 Å². The van der Waals surface area contributed by atoms with Crippen LogP contribution in [0.1, 0.15) is 44.1 Å². The summed E-state index contributed by atoms with van der Waals surface area (Å²) in [7, 11) is 0. The summed E-state index contributed by atoms with van der Waals surface area (Å²) in [5, 5.41) is 17.2. The molecule has 6 nitrogen and oxygen atoms in total. The number of pyridine rings is 1. The first kappa shape index (κ1) is 17.1. The fourth-order valence-corrected chi connectivity index (χ4v) is 2.13. The molecule has 0 aliphatic heterocycles. The predicted octanol–water partition coefficient (Wildman–Crippen LogP) is 2.18. The summed E-state index contributed by atoms with van der Waals surface area (Å²) in [5.74, 6) is 0.794. The van der Waals surface area contributed by atoms with E-state index in [2.05, 4.69) is 29.2 Å². The molecule has 23 heavy (non-hydrogen) atoms. The number of rotatable bonds is 7. The third-order valence-corrected chi connectivity index (χ3v) is 3.60. The SMILES string of the molecule is CC(C)CCC(C)(O)CNC(=O)c1cccc(-n2cccn2)n1. The normalized spacial score (nSPS) is 13.8. The van der Waals surface area contributed by atoms with Gasteiger partial charge in [0.2, 0.25) is 0 Å². The van der Waals surface area contributed by atoms with E-state index >= 15 is 0 Å². The molecule has 6 heteroatoms. The molecule has 0 spiro atoms. The van der Waals surface area contributed by atoms with Gasteiger partial charge < -0.3 is 10.4 Å². The smallest absolute Gasteiger partial charge is 0.270 e. The van der Waals surface area contributed by atoms with Gasteiger partial charge >= 0.3 is 0 Å². The first-order valence-electron chi connectivity index (χ1n) is 7.85. The highest BCUT2D eigenvalue weighted by Gasteiger charge is 2.22. The number of nitrogens with one attached hydrogen (secondary N) is 1. The van der Waals surface area contributed by atoms with Gasteiger partial charge in [0.05, 0.1) is 5.60 Å². The summed E-state index contributed by atoms with van der Waals surface area (Å²) in [4.78, 5) is 16.5. The van der Waals surface area contributed by atoms with Crippen molar-refractivity contribution in [3.63, 3.8) is 0 Å². The van der Waals surface area contributed by atoms with Crippen LogP contribution in [0.3, 0.4) is 0 Å². The van der Waals surface area contributed by atoms with Gasteiger partial charge in [-0.3, -0.25) is 4.79 Å². The number of aromatic nitrogens is 3. The van der Waals surface area contributed by atoms with Gasteiger partial charge in [-0.05, 0) is 43.9 Å². The molecule has 0 saturated heterocycles. The van der Waals surface area contributed by atoms with Crippen LogP contribution < -0.4 is 5.32 Å². The average Bonchev–Trinajstić information content (AvgIpc) is 3.05. The lowest BCUT2D eigenvalue weighted by Gasteiger charge is -2.24. The summed E-state index contributed by atoms with van der Waals surface area (Å²) in [6.45, 7) is 6.16. The maximum absolute atomic E-state index is 12.2. The molecule has 2 rings (SSSR count). The molecule has 1 unspecified atom stereocenters. The number of aliphatic hydroxyl groups is 1. The van der Waals surface area contributed by atoms with E-state index < -0.39 is 5.60 Å². The summed E-state index contributed by atoms with van der Waals surface area (Å²) in [5.41, 5.74) is -0.614. The van der Waals surface area contributed by atoms with Crippen LogP contribution >= 0.6 is 0 Å². The highest BCUT2D eigenvalue weighted by Crippen LogP contribution is 2.15. The predicted molar refractivity (Wildman–Crippen MR) is 88.4 cm³/mol. The molecule has 0 fully saturated rings. The highest BCUT2D eigenvalue weighted by molar-refractivity contribution is 5.92. The minimum atomic E-state index is -0.917. The number of carbonyl (C=O) groups is 1. The van der Waals surface area contributed by atoms with Crippen molar-refractivity contribution in [2.24, 2.45) is 5.92 Å². The lowest BCUT2D eigenvalue weighted by Crippen LogP contribution is -2.41.